The number of halogens is 1. The molecule has 8 heteroatoms. The average molecular weight is 536 g/mol. The summed E-state index contributed by atoms with van der Waals surface area (Å²) in [6, 6.07) is 3.23. The van der Waals surface area contributed by atoms with E-state index in [1.165, 1.54) is 12.0 Å². The molecule has 6 nitrogen and oxygen atoms in total. The Morgan fingerprint density at radius 3 is 2.66 bits per heavy atom. The molecular formula is C21H38IN5OS. The van der Waals surface area contributed by atoms with E-state index in [0.29, 0.717) is 12.1 Å². The maximum Gasteiger partial charge on any atom is 0.194 e. The molecule has 166 valence electrons. The molecule has 0 spiro atoms. The third-order valence-electron chi connectivity index (χ3n) is 5.95. The largest absolute Gasteiger partial charge is 0.379 e. The van der Waals surface area contributed by atoms with Gasteiger partial charge in [0.05, 0.1) is 25.8 Å². The van der Waals surface area contributed by atoms with E-state index in [1.807, 2.05) is 0 Å². The highest BCUT2D eigenvalue weighted by molar-refractivity contribution is 14.0. The monoisotopic (exact) mass is 535 g/mol. The third kappa shape index (κ3) is 6.78. The first-order valence-corrected chi connectivity index (χ1v) is 11.8. The molecule has 2 aliphatic rings. The number of nitrogens with one attached hydrogen (secondary N) is 1. The van der Waals surface area contributed by atoms with Crippen molar-refractivity contribution in [1.29, 1.82) is 0 Å². The van der Waals surface area contributed by atoms with Gasteiger partial charge in [0.25, 0.3) is 0 Å². The van der Waals surface area contributed by atoms with Crippen LogP contribution in [0, 0.1) is 0 Å². The number of aliphatic imine (C=N–C) groups is 1. The van der Waals surface area contributed by atoms with Crippen molar-refractivity contribution in [2.24, 2.45) is 4.99 Å². The van der Waals surface area contributed by atoms with Crippen molar-refractivity contribution in [1.82, 2.24) is 20.0 Å². The van der Waals surface area contributed by atoms with E-state index in [2.05, 4.69) is 57.6 Å². The van der Waals surface area contributed by atoms with Crippen molar-refractivity contribution in [2.75, 3.05) is 65.6 Å². The molecule has 3 heterocycles. The highest BCUT2D eigenvalue weighted by Gasteiger charge is 2.30. The predicted octanol–water partition coefficient (Wildman–Crippen LogP) is 3.12. The molecule has 2 saturated heterocycles. The van der Waals surface area contributed by atoms with Crippen LogP contribution in [-0.4, -0.2) is 92.3 Å². The first kappa shape index (κ1) is 24.8. The second-order valence-corrected chi connectivity index (χ2v) is 8.31. The van der Waals surface area contributed by atoms with E-state index in [-0.39, 0.29) is 24.0 Å². The van der Waals surface area contributed by atoms with Crippen LogP contribution in [0.5, 0.6) is 0 Å². The summed E-state index contributed by atoms with van der Waals surface area (Å²) in [6.07, 6.45) is 1.22. The number of thiophene rings is 1. The van der Waals surface area contributed by atoms with Crippen LogP contribution in [0.3, 0.4) is 0 Å². The van der Waals surface area contributed by atoms with Gasteiger partial charge in [0.2, 0.25) is 0 Å². The lowest BCUT2D eigenvalue weighted by Crippen LogP contribution is -2.47. The zero-order chi connectivity index (χ0) is 19.8. The third-order valence-corrected chi connectivity index (χ3v) is 6.66. The van der Waals surface area contributed by atoms with Crippen LogP contribution in [0.1, 0.15) is 38.8 Å². The second-order valence-electron chi connectivity index (χ2n) is 7.53. The highest BCUT2D eigenvalue weighted by atomic mass is 127. The van der Waals surface area contributed by atoms with E-state index in [1.54, 1.807) is 11.3 Å². The lowest BCUT2D eigenvalue weighted by Gasteiger charge is -2.32. The lowest BCUT2D eigenvalue weighted by molar-refractivity contribution is 0.0195. The number of likely N-dealkylation sites (tertiary alicyclic amines) is 1. The highest BCUT2D eigenvalue weighted by Crippen LogP contribution is 2.24. The van der Waals surface area contributed by atoms with Crippen molar-refractivity contribution in [3.8, 4) is 0 Å². The average Bonchev–Trinajstić information content (AvgIpc) is 3.43. The maximum atomic E-state index is 5.52. The van der Waals surface area contributed by atoms with Gasteiger partial charge in [-0.1, -0.05) is 13.8 Å². The van der Waals surface area contributed by atoms with E-state index in [0.717, 1.165) is 71.5 Å². The molecule has 0 saturated carbocycles. The Morgan fingerprint density at radius 2 is 2.03 bits per heavy atom. The van der Waals surface area contributed by atoms with E-state index < -0.39 is 0 Å². The molecule has 2 fully saturated rings. The van der Waals surface area contributed by atoms with Gasteiger partial charge < -0.3 is 15.0 Å². The first-order valence-electron chi connectivity index (χ1n) is 10.9. The number of hydrogen-bond donors (Lipinski definition) is 1. The Kier molecular flexibility index (Phi) is 11.2. The Bertz CT molecular complexity index is 590. The zero-order valence-electron chi connectivity index (χ0n) is 18.2. The van der Waals surface area contributed by atoms with Gasteiger partial charge >= 0.3 is 0 Å². The van der Waals surface area contributed by atoms with Crippen LogP contribution in [0.4, 0.5) is 0 Å². The van der Waals surface area contributed by atoms with Crippen molar-refractivity contribution in [3.05, 3.63) is 22.4 Å². The fraction of sp³-hybridized carbons (Fsp3) is 0.762. The smallest absolute Gasteiger partial charge is 0.194 e. The Labute approximate surface area is 197 Å². The van der Waals surface area contributed by atoms with Crippen LogP contribution in [-0.2, 0) is 4.74 Å². The molecule has 1 N–H and O–H groups in total. The molecule has 0 aromatic carbocycles. The van der Waals surface area contributed by atoms with Crippen molar-refractivity contribution in [3.63, 3.8) is 0 Å². The van der Waals surface area contributed by atoms with Crippen LogP contribution >= 0.6 is 35.3 Å². The van der Waals surface area contributed by atoms with Gasteiger partial charge in [-0.3, -0.25) is 14.8 Å². The molecule has 1 aromatic rings. The molecule has 3 rings (SSSR count). The zero-order valence-corrected chi connectivity index (χ0v) is 21.3. The number of guanidine groups is 1. The number of nitrogens with zero attached hydrogens (tertiary/aromatic N) is 4. The van der Waals surface area contributed by atoms with Crippen molar-refractivity contribution < 1.29 is 4.74 Å². The van der Waals surface area contributed by atoms with Gasteiger partial charge in [-0.05, 0) is 48.8 Å². The van der Waals surface area contributed by atoms with Gasteiger partial charge in [0.1, 0.15) is 0 Å². The molecule has 2 unspecified atom stereocenters. The molecule has 2 atom stereocenters. The number of likely N-dealkylation sites (N-methyl/N-ethyl adjacent to an activating group) is 1. The number of rotatable bonds is 8. The lowest BCUT2D eigenvalue weighted by atomic mass is 10.1. The summed E-state index contributed by atoms with van der Waals surface area (Å²) in [5.41, 5.74) is 1.39. The Hall–Kier alpha value is -0.420. The number of morpholine rings is 1. The summed E-state index contributed by atoms with van der Waals surface area (Å²) in [7, 11) is 0. The fourth-order valence-electron chi connectivity index (χ4n) is 4.33. The Morgan fingerprint density at radius 1 is 1.28 bits per heavy atom. The van der Waals surface area contributed by atoms with Crippen molar-refractivity contribution >= 4 is 41.3 Å². The summed E-state index contributed by atoms with van der Waals surface area (Å²) in [6.45, 7) is 16.5. The van der Waals surface area contributed by atoms with E-state index >= 15 is 0 Å². The van der Waals surface area contributed by atoms with Crippen LogP contribution in [0.2, 0.25) is 0 Å². The maximum absolute atomic E-state index is 5.52. The predicted molar refractivity (Wildman–Crippen MR) is 134 cm³/mol. The van der Waals surface area contributed by atoms with Gasteiger partial charge in [-0.25, -0.2) is 0 Å². The summed E-state index contributed by atoms with van der Waals surface area (Å²) in [4.78, 5) is 12.7. The summed E-state index contributed by atoms with van der Waals surface area (Å²) < 4.78 is 5.52. The normalized spacial score (nSPS) is 22.0. The van der Waals surface area contributed by atoms with E-state index in [9.17, 15) is 0 Å². The molecule has 0 aliphatic carbocycles. The quantitative estimate of drug-likeness (QED) is 0.315. The molecule has 1 aromatic heterocycles. The summed E-state index contributed by atoms with van der Waals surface area (Å²) >= 11 is 1.78. The molecule has 29 heavy (non-hydrogen) atoms. The number of hydrogen-bond acceptors (Lipinski definition) is 5. The minimum absolute atomic E-state index is 0. The minimum Gasteiger partial charge on any atom is -0.379 e. The van der Waals surface area contributed by atoms with Gasteiger partial charge in [-0.15, -0.1) is 24.0 Å². The molecular weight excluding hydrogens is 497 g/mol. The summed E-state index contributed by atoms with van der Waals surface area (Å²) in [5.74, 6) is 1.07. The molecule has 2 aliphatic heterocycles. The van der Waals surface area contributed by atoms with Crippen LogP contribution in [0.15, 0.2) is 21.8 Å². The molecule has 0 amide bonds. The fourth-order valence-corrected chi connectivity index (χ4v) is 5.04. The minimum atomic E-state index is 0. The topological polar surface area (TPSA) is 43.3 Å². The SMILES string of the molecule is CCNC(=NCC(c1ccsc1)N(CC)CC)N1CCC(N2CCOCC2)C1.I. The summed E-state index contributed by atoms with van der Waals surface area (Å²) in [5, 5.41) is 7.99. The van der Waals surface area contributed by atoms with Crippen LogP contribution < -0.4 is 5.32 Å². The Balaban J connectivity index is 0.00000300. The molecule has 0 bridgehead atoms. The van der Waals surface area contributed by atoms with E-state index in [4.69, 9.17) is 9.73 Å². The van der Waals surface area contributed by atoms with Crippen molar-refractivity contribution in [2.45, 2.75) is 39.3 Å². The standard InChI is InChI=1S/C21H37N5OS.HI/c1-4-22-21(26-9-7-19(16-26)25-10-12-27-13-11-25)23-15-20(24(5-2)6-3)18-8-14-28-17-18;/h8,14,17,19-20H,4-7,9-13,15-16H2,1-3H3,(H,22,23);1H. The first-order chi connectivity index (χ1) is 13.8. The van der Waals surface area contributed by atoms with Gasteiger partial charge in [-0.2, -0.15) is 11.3 Å². The second kappa shape index (κ2) is 13.1. The van der Waals surface area contributed by atoms with Gasteiger partial charge in [0, 0.05) is 38.8 Å². The number of ether oxygens (including phenoxy) is 1. The van der Waals surface area contributed by atoms with Gasteiger partial charge in [0.15, 0.2) is 5.96 Å². The van der Waals surface area contributed by atoms with Crippen LogP contribution in [0.25, 0.3) is 0 Å². The molecule has 0 radical (unpaired) electrons.